The van der Waals surface area contributed by atoms with Crippen LogP contribution in [0.2, 0.25) is 0 Å². The summed E-state index contributed by atoms with van der Waals surface area (Å²) in [6.07, 6.45) is 8.55. The normalized spacial score (nSPS) is 14.6. The van der Waals surface area contributed by atoms with Crippen LogP contribution >= 0.6 is 11.3 Å². The summed E-state index contributed by atoms with van der Waals surface area (Å²) in [6.45, 7) is 3.71. The Morgan fingerprint density at radius 1 is 1.11 bits per heavy atom. The molecule has 1 aromatic carbocycles. The van der Waals surface area contributed by atoms with Gasteiger partial charge >= 0.3 is 0 Å². The van der Waals surface area contributed by atoms with Gasteiger partial charge in [0, 0.05) is 17.1 Å². The van der Waals surface area contributed by atoms with Crippen molar-refractivity contribution in [3.05, 3.63) is 63.9 Å². The molecule has 3 rings (SSSR count). The van der Waals surface area contributed by atoms with E-state index in [1.165, 1.54) is 42.2 Å². The molecule has 1 amide bonds. The third-order valence-electron chi connectivity index (χ3n) is 4.74. The number of nitrogens with one attached hydrogen (secondary N) is 2. The fourth-order valence-corrected chi connectivity index (χ4v) is 5.54. The zero-order chi connectivity index (χ0) is 20.0. The van der Waals surface area contributed by atoms with E-state index in [1.54, 1.807) is 35.6 Å². The predicted octanol–water partition coefficient (Wildman–Crippen LogP) is 4.26. The highest BCUT2D eigenvalue weighted by Crippen LogP contribution is 2.29. The van der Waals surface area contributed by atoms with Gasteiger partial charge in [0.15, 0.2) is 0 Å². The van der Waals surface area contributed by atoms with Crippen molar-refractivity contribution in [1.82, 2.24) is 4.72 Å². The van der Waals surface area contributed by atoms with E-state index in [4.69, 9.17) is 0 Å². The van der Waals surface area contributed by atoms with Crippen LogP contribution in [0, 0.1) is 0 Å². The van der Waals surface area contributed by atoms with Gasteiger partial charge in [0.05, 0.1) is 10.6 Å². The minimum Gasteiger partial charge on any atom is -0.321 e. The second-order valence-electron chi connectivity index (χ2n) is 7.02. The van der Waals surface area contributed by atoms with E-state index in [-0.39, 0.29) is 18.2 Å². The van der Waals surface area contributed by atoms with Gasteiger partial charge in [-0.05, 0) is 55.0 Å². The molecule has 1 aliphatic carbocycles. The third kappa shape index (κ3) is 5.77. The summed E-state index contributed by atoms with van der Waals surface area (Å²) in [6, 6.07) is 8.94. The highest BCUT2D eigenvalue weighted by molar-refractivity contribution is 7.88. The first-order chi connectivity index (χ1) is 13.5. The molecule has 0 fully saturated rings. The standard InChI is InChI=1S/C21H26N2O3S2/c1-2-13-22-28(25,26)15-16-9-11-18(12-10-16)23-21(24)20-14-17-7-5-3-4-6-8-19(17)27-20/h2,9-12,14,22H,1,3-8,13,15H2,(H,23,24). The van der Waals surface area contributed by atoms with Crippen molar-refractivity contribution in [2.24, 2.45) is 0 Å². The number of anilines is 1. The highest BCUT2D eigenvalue weighted by atomic mass is 32.2. The molecule has 28 heavy (non-hydrogen) atoms. The molecule has 0 spiro atoms. The summed E-state index contributed by atoms with van der Waals surface area (Å²) < 4.78 is 26.3. The molecule has 0 unspecified atom stereocenters. The quantitative estimate of drug-likeness (QED) is 0.660. The molecular weight excluding hydrogens is 392 g/mol. The Morgan fingerprint density at radius 2 is 1.82 bits per heavy atom. The van der Waals surface area contributed by atoms with E-state index in [2.05, 4.69) is 16.6 Å². The molecule has 1 aliphatic rings. The van der Waals surface area contributed by atoms with Crippen molar-refractivity contribution in [3.63, 3.8) is 0 Å². The van der Waals surface area contributed by atoms with Crippen molar-refractivity contribution in [1.29, 1.82) is 0 Å². The second-order valence-corrected chi connectivity index (χ2v) is 9.96. The molecule has 150 valence electrons. The molecule has 0 radical (unpaired) electrons. The van der Waals surface area contributed by atoms with Crippen LogP contribution in [0.5, 0.6) is 0 Å². The first-order valence-electron chi connectivity index (χ1n) is 9.57. The van der Waals surface area contributed by atoms with Crippen LogP contribution in [-0.4, -0.2) is 20.9 Å². The zero-order valence-corrected chi connectivity index (χ0v) is 17.5. The zero-order valence-electron chi connectivity index (χ0n) is 15.9. The second kappa shape index (κ2) is 9.49. The molecule has 1 heterocycles. The van der Waals surface area contributed by atoms with E-state index in [0.29, 0.717) is 11.3 Å². The van der Waals surface area contributed by atoms with Gasteiger partial charge in [0.2, 0.25) is 10.0 Å². The number of hydrogen-bond acceptors (Lipinski definition) is 4. The summed E-state index contributed by atoms with van der Waals surface area (Å²) in [4.78, 5) is 14.7. The maximum atomic E-state index is 12.6. The van der Waals surface area contributed by atoms with Crippen molar-refractivity contribution < 1.29 is 13.2 Å². The predicted molar refractivity (Wildman–Crippen MR) is 115 cm³/mol. The maximum absolute atomic E-state index is 12.6. The van der Waals surface area contributed by atoms with E-state index in [1.807, 2.05) is 6.07 Å². The van der Waals surface area contributed by atoms with Crippen molar-refractivity contribution >= 4 is 33.0 Å². The first-order valence-corrected chi connectivity index (χ1v) is 12.0. The van der Waals surface area contributed by atoms with Gasteiger partial charge in [-0.3, -0.25) is 4.79 Å². The number of rotatable bonds is 7. The van der Waals surface area contributed by atoms with Gasteiger partial charge in [-0.15, -0.1) is 17.9 Å². The van der Waals surface area contributed by atoms with Gasteiger partial charge in [-0.1, -0.05) is 31.1 Å². The van der Waals surface area contributed by atoms with E-state index in [9.17, 15) is 13.2 Å². The molecule has 0 saturated carbocycles. The van der Waals surface area contributed by atoms with Gasteiger partial charge in [0.25, 0.3) is 5.91 Å². The molecule has 5 nitrogen and oxygen atoms in total. The van der Waals surface area contributed by atoms with Crippen molar-refractivity contribution in [2.45, 2.75) is 44.3 Å². The molecule has 0 atom stereocenters. The fraction of sp³-hybridized carbons (Fsp3) is 0.381. The van der Waals surface area contributed by atoms with Gasteiger partial charge in [0.1, 0.15) is 0 Å². The number of aryl methyl sites for hydroxylation is 2. The lowest BCUT2D eigenvalue weighted by Gasteiger charge is -2.07. The number of thiophene rings is 1. The molecule has 0 aliphatic heterocycles. The summed E-state index contributed by atoms with van der Waals surface area (Å²) in [5.74, 6) is -0.211. The Bertz CT molecular complexity index is 906. The largest absolute Gasteiger partial charge is 0.321 e. The summed E-state index contributed by atoms with van der Waals surface area (Å²) in [5, 5.41) is 2.92. The molecule has 1 aromatic heterocycles. The van der Waals surface area contributed by atoms with Crippen LogP contribution in [0.25, 0.3) is 0 Å². The minimum absolute atomic E-state index is 0.104. The average Bonchev–Trinajstić information content (AvgIpc) is 3.03. The van der Waals surface area contributed by atoms with Gasteiger partial charge in [-0.2, -0.15) is 0 Å². The fourth-order valence-electron chi connectivity index (χ4n) is 3.29. The number of amides is 1. The van der Waals surface area contributed by atoms with Crippen LogP contribution < -0.4 is 10.0 Å². The average molecular weight is 419 g/mol. The molecule has 2 N–H and O–H groups in total. The monoisotopic (exact) mass is 418 g/mol. The van der Waals surface area contributed by atoms with E-state index in [0.717, 1.165) is 17.7 Å². The molecular formula is C21H26N2O3S2. The molecule has 7 heteroatoms. The van der Waals surface area contributed by atoms with Crippen LogP contribution in [0.15, 0.2) is 43.0 Å². The Morgan fingerprint density at radius 3 is 2.54 bits per heavy atom. The van der Waals surface area contributed by atoms with Gasteiger partial charge < -0.3 is 5.32 Å². The lowest BCUT2D eigenvalue weighted by Crippen LogP contribution is -2.25. The SMILES string of the molecule is C=CCNS(=O)(=O)Cc1ccc(NC(=O)c2cc3c(s2)CCCCCC3)cc1. The number of carbonyl (C=O) groups is 1. The minimum atomic E-state index is -3.39. The van der Waals surface area contributed by atoms with Crippen LogP contribution in [0.1, 0.15) is 51.4 Å². The lowest BCUT2D eigenvalue weighted by atomic mass is 10.00. The summed E-state index contributed by atoms with van der Waals surface area (Å²) in [7, 11) is -3.39. The van der Waals surface area contributed by atoms with Crippen LogP contribution in [-0.2, 0) is 28.6 Å². The van der Waals surface area contributed by atoms with Crippen LogP contribution in [0.4, 0.5) is 5.69 Å². The molecule has 2 aromatic rings. The summed E-state index contributed by atoms with van der Waals surface area (Å²) >= 11 is 1.60. The number of carbonyl (C=O) groups excluding carboxylic acids is 1. The number of hydrogen-bond donors (Lipinski definition) is 2. The number of fused-ring (bicyclic) bond motifs is 1. The molecule has 0 bridgehead atoms. The van der Waals surface area contributed by atoms with Gasteiger partial charge in [-0.25, -0.2) is 13.1 Å². The van der Waals surface area contributed by atoms with E-state index >= 15 is 0 Å². The Kier molecular flexibility index (Phi) is 7.04. The lowest BCUT2D eigenvalue weighted by molar-refractivity contribution is 0.103. The smallest absolute Gasteiger partial charge is 0.265 e. The summed E-state index contributed by atoms with van der Waals surface area (Å²) in [5.41, 5.74) is 2.64. The van der Waals surface area contributed by atoms with E-state index < -0.39 is 10.0 Å². The topological polar surface area (TPSA) is 75.3 Å². The molecule has 0 saturated heterocycles. The number of benzene rings is 1. The Hall–Kier alpha value is -1.96. The maximum Gasteiger partial charge on any atom is 0.265 e. The van der Waals surface area contributed by atoms with Crippen LogP contribution in [0.3, 0.4) is 0 Å². The highest BCUT2D eigenvalue weighted by Gasteiger charge is 2.16. The Labute approximate surface area is 170 Å². The third-order valence-corrected chi connectivity index (χ3v) is 7.29. The van der Waals surface area contributed by atoms with Crippen molar-refractivity contribution in [2.75, 3.05) is 11.9 Å². The Balaban J connectivity index is 1.63. The number of sulfonamides is 1. The van der Waals surface area contributed by atoms with Crippen molar-refractivity contribution in [3.8, 4) is 0 Å². The first kappa shape index (κ1) is 20.8.